The fourth-order valence-electron chi connectivity index (χ4n) is 1.61. The molecule has 1 aliphatic rings. The topological polar surface area (TPSA) is 9.23 Å². The third-order valence-electron chi connectivity index (χ3n) is 2.41. The molecule has 0 amide bonds. The summed E-state index contributed by atoms with van der Waals surface area (Å²) < 4.78 is 19.9. The van der Waals surface area contributed by atoms with E-state index in [1.165, 1.54) is 0 Å². The van der Waals surface area contributed by atoms with E-state index in [9.17, 15) is 4.39 Å². The first kappa shape index (κ1) is 10.8. The van der Waals surface area contributed by atoms with Crippen molar-refractivity contribution in [1.29, 1.82) is 0 Å². The summed E-state index contributed by atoms with van der Waals surface area (Å²) in [6.07, 6.45) is 2.96. The number of ether oxygens (including phenoxy) is 1. The van der Waals surface area contributed by atoms with Crippen LogP contribution in [0.1, 0.15) is 18.4 Å². The molecule has 0 aromatic heterocycles. The Kier molecular flexibility index (Phi) is 3.54. The van der Waals surface area contributed by atoms with Crippen LogP contribution in [0.3, 0.4) is 0 Å². The van der Waals surface area contributed by atoms with Crippen LogP contribution in [0.4, 0.5) is 4.39 Å². The molecule has 0 radical (unpaired) electrons. The molecule has 1 unspecified atom stereocenters. The van der Waals surface area contributed by atoms with Gasteiger partial charge in [0.2, 0.25) is 0 Å². The number of benzene rings is 1. The van der Waals surface area contributed by atoms with Crippen molar-refractivity contribution in [3.8, 4) is 0 Å². The zero-order valence-electron chi connectivity index (χ0n) is 8.25. The molecule has 15 heavy (non-hydrogen) atoms. The van der Waals surface area contributed by atoms with Crippen LogP contribution < -0.4 is 0 Å². The van der Waals surface area contributed by atoms with E-state index in [0.29, 0.717) is 6.61 Å². The van der Waals surface area contributed by atoms with Crippen LogP contribution in [0.2, 0.25) is 0 Å². The van der Waals surface area contributed by atoms with Gasteiger partial charge in [0, 0.05) is 11.1 Å². The Morgan fingerprint density at radius 2 is 2.13 bits per heavy atom. The third-order valence-corrected chi connectivity index (χ3v) is 2.94. The second-order valence-corrected chi connectivity index (χ2v) is 4.50. The van der Waals surface area contributed by atoms with Gasteiger partial charge in [-0.2, -0.15) is 0 Å². The standard InChI is InChI=1S/C12H12BrFO/c13-10-5-3-9(4-6-10)8-11(14)12-2-1-7-15-12/h3-6,8,12H,1-2,7H2/b11-8-. The molecule has 1 aromatic rings. The molecule has 1 atom stereocenters. The maximum Gasteiger partial charge on any atom is 0.129 e. The van der Waals surface area contributed by atoms with Gasteiger partial charge in [-0.1, -0.05) is 28.1 Å². The highest BCUT2D eigenvalue weighted by Crippen LogP contribution is 2.23. The van der Waals surface area contributed by atoms with E-state index in [4.69, 9.17) is 4.74 Å². The van der Waals surface area contributed by atoms with Crippen molar-refractivity contribution >= 4 is 22.0 Å². The van der Waals surface area contributed by atoms with Gasteiger partial charge >= 0.3 is 0 Å². The Balaban J connectivity index is 2.11. The fourth-order valence-corrected chi connectivity index (χ4v) is 1.87. The van der Waals surface area contributed by atoms with E-state index in [0.717, 1.165) is 22.9 Å². The summed E-state index contributed by atoms with van der Waals surface area (Å²) in [6.45, 7) is 0.673. The fraction of sp³-hybridized carbons (Fsp3) is 0.333. The lowest BCUT2D eigenvalue weighted by molar-refractivity contribution is 0.120. The molecule has 3 heteroatoms. The molecule has 1 nitrogen and oxygen atoms in total. The van der Waals surface area contributed by atoms with Crippen LogP contribution in [-0.4, -0.2) is 12.7 Å². The van der Waals surface area contributed by atoms with Crippen LogP contribution in [-0.2, 0) is 4.74 Å². The SMILES string of the molecule is F/C(=C\c1ccc(Br)cc1)C1CCCO1. The average Bonchev–Trinajstić information content (AvgIpc) is 2.74. The van der Waals surface area contributed by atoms with Gasteiger partial charge in [0.05, 0.1) is 0 Å². The van der Waals surface area contributed by atoms with Crippen molar-refractivity contribution in [2.45, 2.75) is 18.9 Å². The molecular formula is C12H12BrFO. The van der Waals surface area contributed by atoms with E-state index in [1.54, 1.807) is 6.08 Å². The van der Waals surface area contributed by atoms with Crippen LogP contribution in [0.15, 0.2) is 34.6 Å². The molecule has 0 aliphatic carbocycles. The molecular weight excluding hydrogens is 259 g/mol. The van der Waals surface area contributed by atoms with E-state index < -0.39 is 0 Å². The van der Waals surface area contributed by atoms with E-state index in [1.807, 2.05) is 24.3 Å². The summed E-state index contributed by atoms with van der Waals surface area (Å²) in [7, 11) is 0. The molecule has 1 aliphatic heterocycles. The molecule has 0 saturated carbocycles. The summed E-state index contributed by atoms with van der Waals surface area (Å²) >= 11 is 3.34. The zero-order valence-corrected chi connectivity index (χ0v) is 9.84. The molecule has 0 N–H and O–H groups in total. The van der Waals surface area contributed by atoms with Crippen LogP contribution in [0.5, 0.6) is 0 Å². The monoisotopic (exact) mass is 270 g/mol. The highest BCUT2D eigenvalue weighted by Gasteiger charge is 2.19. The lowest BCUT2D eigenvalue weighted by Crippen LogP contribution is -2.04. The summed E-state index contributed by atoms with van der Waals surface area (Å²) in [5.41, 5.74) is 0.867. The Bertz CT molecular complexity index is 352. The van der Waals surface area contributed by atoms with E-state index >= 15 is 0 Å². The Morgan fingerprint density at radius 3 is 2.73 bits per heavy atom. The van der Waals surface area contributed by atoms with Gasteiger partial charge in [-0.05, 0) is 36.6 Å². The van der Waals surface area contributed by atoms with Gasteiger partial charge < -0.3 is 4.74 Å². The normalized spacial score (nSPS) is 22.0. The van der Waals surface area contributed by atoms with Gasteiger partial charge in [-0.25, -0.2) is 4.39 Å². The minimum Gasteiger partial charge on any atom is -0.371 e. The van der Waals surface area contributed by atoms with Crippen molar-refractivity contribution in [2.24, 2.45) is 0 Å². The number of hydrogen-bond donors (Lipinski definition) is 0. The predicted molar refractivity (Wildman–Crippen MR) is 62.2 cm³/mol. The lowest BCUT2D eigenvalue weighted by atomic mass is 10.1. The van der Waals surface area contributed by atoms with Gasteiger partial charge in [0.15, 0.2) is 0 Å². The summed E-state index contributed by atoms with van der Waals surface area (Å²) in [5.74, 6) is -0.171. The highest BCUT2D eigenvalue weighted by atomic mass is 79.9. The largest absolute Gasteiger partial charge is 0.371 e. The number of hydrogen-bond acceptors (Lipinski definition) is 1. The molecule has 1 aromatic carbocycles. The van der Waals surface area contributed by atoms with Crippen LogP contribution in [0.25, 0.3) is 6.08 Å². The Hall–Kier alpha value is -0.670. The van der Waals surface area contributed by atoms with Crippen molar-refractivity contribution in [3.63, 3.8) is 0 Å². The molecule has 1 saturated heterocycles. The quantitative estimate of drug-likeness (QED) is 0.791. The second-order valence-electron chi connectivity index (χ2n) is 3.58. The minimum absolute atomic E-state index is 0.171. The van der Waals surface area contributed by atoms with Crippen molar-refractivity contribution in [2.75, 3.05) is 6.61 Å². The molecule has 80 valence electrons. The van der Waals surface area contributed by atoms with E-state index in [2.05, 4.69) is 15.9 Å². The minimum atomic E-state index is -0.325. The first-order chi connectivity index (χ1) is 7.25. The first-order valence-electron chi connectivity index (χ1n) is 5.00. The Labute approximate surface area is 97.1 Å². The van der Waals surface area contributed by atoms with Crippen LogP contribution in [0, 0.1) is 0 Å². The van der Waals surface area contributed by atoms with E-state index in [-0.39, 0.29) is 11.9 Å². The summed E-state index contributed by atoms with van der Waals surface area (Å²) in [5, 5.41) is 0. The molecule has 2 rings (SSSR count). The zero-order chi connectivity index (χ0) is 10.7. The molecule has 1 heterocycles. The van der Waals surface area contributed by atoms with Crippen molar-refractivity contribution < 1.29 is 9.13 Å². The average molecular weight is 271 g/mol. The highest BCUT2D eigenvalue weighted by molar-refractivity contribution is 9.10. The van der Waals surface area contributed by atoms with Gasteiger partial charge in [-0.3, -0.25) is 0 Å². The maximum absolute atomic E-state index is 13.6. The van der Waals surface area contributed by atoms with Gasteiger partial charge in [-0.15, -0.1) is 0 Å². The molecule has 0 bridgehead atoms. The number of halogens is 2. The summed E-state index contributed by atoms with van der Waals surface area (Å²) in [6, 6.07) is 7.54. The maximum atomic E-state index is 13.6. The predicted octanol–water partition coefficient (Wildman–Crippen LogP) is 3.94. The smallest absolute Gasteiger partial charge is 0.129 e. The number of rotatable bonds is 2. The van der Waals surface area contributed by atoms with Crippen LogP contribution >= 0.6 is 15.9 Å². The van der Waals surface area contributed by atoms with Crippen molar-refractivity contribution in [3.05, 3.63) is 40.1 Å². The lowest BCUT2D eigenvalue weighted by Gasteiger charge is -2.05. The van der Waals surface area contributed by atoms with Crippen molar-refractivity contribution in [1.82, 2.24) is 0 Å². The Morgan fingerprint density at radius 1 is 1.40 bits per heavy atom. The second kappa shape index (κ2) is 4.90. The molecule has 1 fully saturated rings. The third kappa shape index (κ3) is 2.89. The first-order valence-corrected chi connectivity index (χ1v) is 5.79. The van der Waals surface area contributed by atoms with Gasteiger partial charge in [0.1, 0.15) is 11.9 Å². The molecule has 0 spiro atoms. The summed E-state index contributed by atoms with van der Waals surface area (Å²) in [4.78, 5) is 0. The van der Waals surface area contributed by atoms with Gasteiger partial charge in [0.25, 0.3) is 0 Å².